The summed E-state index contributed by atoms with van der Waals surface area (Å²) < 4.78 is 6.71. The number of halogens is 1. The number of hydrogen-bond acceptors (Lipinski definition) is 3. The fourth-order valence-corrected chi connectivity index (χ4v) is 3.50. The minimum absolute atomic E-state index is 0.00439. The van der Waals surface area contributed by atoms with Crippen molar-refractivity contribution in [1.29, 1.82) is 0 Å². The molecule has 1 aliphatic rings. The minimum atomic E-state index is -0.0589. The molecule has 5 nitrogen and oxygen atoms in total. The molecule has 1 N–H and O–H groups in total. The van der Waals surface area contributed by atoms with Crippen LogP contribution in [0.4, 0.5) is 0 Å². The summed E-state index contributed by atoms with van der Waals surface area (Å²) in [6, 6.07) is 15.9. The normalized spacial score (nSPS) is 16.7. The largest absolute Gasteiger partial charge is 0.484 e. The molecule has 1 unspecified atom stereocenters. The summed E-state index contributed by atoms with van der Waals surface area (Å²) in [5, 5.41) is 2.89. The van der Waals surface area contributed by atoms with Gasteiger partial charge < -0.3 is 15.0 Å². The Morgan fingerprint density at radius 3 is 2.37 bits per heavy atom. The first-order valence-corrected chi connectivity index (χ1v) is 9.84. The van der Waals surface area contributed by atoms with Crippen molar-refractivity contribution < 1.29 is 14.3 Å². The van der Waals surface area contributed by atoms with Crippen LogP contribution in [0.1, 0.15) is 19.8 Å². The number of ether oxygens (including phenoxy) is 1. The lowest BCUT2D eigenvalue weighted by Gasteiger charge is -2.32. The number of benzene rings is 2. The number of likely N-dealkylation sites (tertiary alicyclic amines) is 1. The molecule has 0 saturated carbocycles. The van der Waals surface area contributed by atoms with Crippen molar-refractivity contribution in [3.8, 4) is 16.9 Å². The number of amides is 2. The van der Waals surface area contributed by atoms with Gasteiger partial charge in [-0.1, -0.05) is 40.2 Å². The average Bonchev–Trinajstić information content (AvgIpc) is 2.67. The summed E-state index contributed by atoms with van der Waals surface area (Å²) in [4.78, 5) is 25.4. The minimum Gasteiger partial charge on any atom is -0.484 e. The standard InChI is InChI=1S/C21H23BrN2O3/c1-15(25)23-19-3-2-12-24(13-19)21(26)14-27-20-10-6-17(7-11-20)16-4-8-18(22)9-5-16/h4-11,19H,2-3,12-14H2,1H3,(H,23,25). The molecule has 0 bridgehead atoms. The third kappa shape index (κ3) is 5.57. The van der Waals surface area contributed by atoms with E-state index in [1.165, 1.54) is 6.92 Å². The first-order valence-electron chi connectivity index (χ1n) is 9.05. The van der Waals surface area contributed by atoms with Crippen LogP contribution in [0, 0.1) is 0 Å². The van der Waals surface area contributed by atoms with Gasteiger partial charge in [0.15, 0.2) is 6.61 Å². The molecule has 27 heavy (non-hydrogen) atoms. The second-order valence-electron chi connectivity index (χ2n) is 6.70. The molecule has 0 spiro atoms. The number of nitrogens with zero attached hydrogens (tertiary/aromatic N) is 1. The van der Waals surface area contributed by atoms with Gasteiger partial charge in [-0.25, -0.2) is 0 Å². The van der Waals surface area contributed by atoms with Gasteiger partial charge in [0.1, 0.15) is 5.75 Å². The summed E-state index contributed by atoms with van der Waals surface area (Å²) in [5.41, 5.74) is 2.22. The van der Waals surface area contributed by atoms with Gasteiger partial charge in [0.05, 0.1) is 0 Å². The molecular weight excluding hydrogens is 408 g/mol. The van der Waals surface area contributed by atoms with E-state index < -0.39 is 0 Å². The molecule has 2 aromatic carbocycles. The van der Waals surface area contributed by atoms with E-state index in [9.17, 15) is 9.59 Å². The molecule has 0 radical (unpaired) electrons. The lowest BCUT2D eigenvalue weighted by molar-refractivity contribution is -0.135. The zero-order valence-electron chi connectivity index (χ0n) is 15.3. The predicted molar refractivity (Wildman–Crippen MR) is 108 cm³/mol. The summed E-state index contributed by atoms with van der Waals surface area (Å²) >= 11 is 3.44. The highest BCUT2D eigenvalue weighted by atomic mass is 79.9. The Kier molecular flexibility index (Phi) is 6.50. The fraction of sp³-hybridized carbons (Fsp3) is 0.333. The van der Waals surface area contributed by atoms with Crippen LogP contribution in [0.25, 0.3) is 11.1 Å². The molecule has 2 aromatic rings. The van der Waals surface area contributed by atoms with Crippen LogP contribution in [0.5, 0.6) is 5.75 Å². The van der Waals surface area contributed by atoms with Gasteiger partial charge >= 0.3 is 0 Å². The molecule has 1 heterocycles. The molecule has 0 aromatic heterocycles. The van der Waals surface area contributed by atoms with E-state index in [0.717, 1.165) is 28.4 Å². The Bertz CT molecular complexity index is 790. The highest BCUT2D eigenvalue weighted by Gasteiger charge is 2.24. The summed E-state index contributed by atoms with van der Waals surface area (Å²) in [6.07, 6.45) is 1.79. The van der Waals surface area contributed by atoms with Crippen molar-refractivity contribution >= 4 is 27.7 Å². The maximum Gasteiger partial charge on any atom is 0.260 e. The predicted octanol–water partition coefficient (Wildman–Crippen LogP) is 3.62. The molecule has 6 heteroatoms. The number of hydrogen-bond donors (Lipinski definition) is 1. The Morgan fingerprint density at radius 1 is 1.11 bits per heavy atom. The molecule has 1 saturated heterocycles. The maximum absolute atomic E-state index is 12.4. The Hall–Kier alpha value is -2.34. The third-order valence-corrected chi connectivity index (χ3v) is 5.10. The van der Waals surface area contributed by atoms with Crippen LogP contribution in [0.2, 0.25) is 0 Å². The second kappa shape index (κ2) is 9.04. The lowest BCUT2D eigenvalue weighted by atomic mass is 10.1. The van der Waals surface area contributed by atoms with Crippen LogP contribution in [0.15, 0.2) is 53.0 Å². The maximum atomic E-state index is 12.4. The third-order valence-electron chi connectivity index (χ3n) is 4.58. The van der Waals surface area contributed by atoms with E-state index in [2.05, 4.69) is 21.2 Å². The van der Waals surface area contributed by atoms with E-state index in [1.54, 1.807) is 4.90 Å². The van der Waals surface area contributed by atoms with E-state index in [1.807, 2.05) is 48.5 Å². The Labute approximate surface area is 167 Å². The smallest absolute Gasteiger partial charge is 0.260 e. The number of nitrogens with one attached hydrogen (secondary N) is 1. The molecular formula is C21H23BrN2O3. The topological polar surface area (TPSA) is 58.6 Å². The quantitative estimate of drug-likeness (QED) is 0.787. The van der Waals surface area contributed by atoms with Gasteiger partial charge in [-0.15, -0.1) is 0 Å². The van der Waals surface area contributed by atoms with Crippen molar-refractivity contribution in [2.45, 2.75) is 25.8 Å². The Morgan fingerprint density at radius 2 is 1.74 bits per heavy atom. The summed E-state index contributed by atoms with van der Waals surface area (Å²) in [7, 11) is 0. The van der Waals surface area contributed by atoms with Crippen molar-refractivity contribution in [3.63, 3.8) is 0 Å². The van der Waals surface area contributed by atoms with Gasteiger partial charge in [-0.3, -0.25) is 9.59 Å². The number of rotatable bonds is 5. The van der Waals surface area contributed by atoms with Crippen LogP contribution in [-0.2, 0) is 9.59 Å². The van der Waals surface area contributed by atoms with E-state index in [-0.39, 0.29) is 24.5 Å². The lowest BCUT2D eigenvalue weighted by Crippen LogP contribution is -2.50. The average molecular weight is 431 g/mol. The fourth-order valence-electron chi connectivity index (χ4n) is 3.23. The van der Waals surface area contributed by atoms with Crippen molar-refractivity contribution in [3.05, 3.63) is 53.0 Å². The first-order chi connectivity index (χ1) is 13.0. The first kappa shape index (κ1) is 19.4. The van der Waals surface area contributed by atoms with Gasteiger partial charge in [-0.05, 0) is 48.2 Å². The van der Waals surface area contributed by atoms with E-state index in [4.69, 9.17) is 4.74 Å². The van der Waals surface area contributed by atoms with Crippen LogP contribution >= 0.6 is 15.9 Å². The van der Waals surface area contributed by atoms with Gasteiger partial charge in [0, 0.05) is 30.5 Å². The van der Waals surface area contributed by atoms with Crippen LogP contribution in [0.3, 0.4) is 0 Å². The SMILES string of the molecule is CC(=O)NC1CCCN(C(=O)COc2ccc(-c3ccc(Br)cc3)cc2)C1. The van der Waals surface area contributed by atoms with Gasteiger partial charge in [0.25, 0.3) is 5.91 Å². The second-order valence-corrected chi connectivity index (χ2v) is 7.62. The van der Waals surface area contributed by atoms with Crippen LogP contribution < -0.4 is 10.1 Å². The molecule has 1 fully saturated rings. The van der Waals surface area contributed by atoms with Crippen molar-refractivity contribution in [2.75, 3.05) is 19.7 Å². The Balaban J connectivity index is 1.52. The van der Waals surface area contributed by atoms with Gasteiger partial charge in [-0.2, -0.15) is 0 Å². The summed E-state index contributed by atoms with van der Waals surface area (Å²) in [6.45, 7) is 2.76. The zero-order valence-corrected chi connectivity index (χ0v) is 16.9. The highest BCUT2D eigenvalue weighted by Crippen LogP contribution is 2.24. The van der Waals surface area contributed by atoms with Gasteiger partial charge in [0.2, 0.25) is 5.91 Å². The van der Waals surface area contributed by atoms with Crippen molar-refractivity contribution in [2.24, 2.45) is 0 Å². The number of piperidine rings is 1. The number of carbonyl (C=O) groups is 2. The molecule has 1 aliphatic heterocycles. The number of carbonyl (C=O) groups excluding carboxylic acids is 2. The molecule has 0 aliphatic carbocycles. The van der Waals surface area contributed by atoms with Crippen LogP contribution in [-0.4, -0.2) is 42.5 Å². The van der Waals surface area contributed by atoms with E-state index >= 15 is 0 Å². The van der Waals surface area contributed by atoms with Crippen molar-refractivity contribution in [1.82, 2.24) is 10.2 Å². The molecule has 142 valence electrons. The zero-order chi connectivity index (χ0) is 19.2. The highest BCUT2D eigenvalue weighted by molar-refractivity contribution is 9.10. The molecule has 1 atom stereocenters. The summed E-state index contributed by atoms with van der Waals surface area (Å²) in [5.74, 6) is 0.554. The monoisotopic (exact) mass is 430 g/mol. The molecule has 3 rings (SSSR count). The molecule has 2 amide bonds. The van der Waals surface area contributed by atoms with E-state index in [0.29, 0.717) is 18.8 Å².